The summed E-state index contributed by atoms with van der Waals surface area (Å²) in [5.41, 5.74) is 2.77. The molecule has 0 saturated carbocycles. The SMILES string of the molecule is N#C[S-].O=C(COc1ccc(Cl)cc1Cl)N/N=C/c1ccccc1O.[Cu+]. The van der Waals surface area contributed by atoms with Crippen molar-refractivity contribution >= 4 is 48.0 Å². The van der Waals surface area contributed by atoms with Gasteiger partial charge in [0.25, 0.3) is 5.91 Å². The van der Waals surface area contributed by atoms with Gasteiger partial charge in [-0.2, -0.15) is 5.10 Å². The van der Waals surface area contributed by atoms with Crippen LogP contribution in [0.4, 0.5) is 0 Å². The van der Waals surface area contributed by atoms with E-state index < -0.39 is 5.91 Å². The Morgan fingerprint density at radius 2 is 2.00 bits per heavy atom. The molecule has 2 aromatic carbocycles. The molecule has 2 N–H and O–H groups in total. The molecule has 0 atom stereocenters. The van der Waals surface area contributed by atoms with E-state index in [9.17, 15) is 9.90 Å². The maximum absolute atomic E-state index is 11.6. The normalized spacial score (nSPS) is 9.27. The van der Waals surface area contributed by atoms with Gasteiger partial charge in [-0.25, -0.2) is 10.7 Å². The van der Waals surface area contributed by atoms with Crippen molar-refractivity contribution in [3.8, 4) is 16.9 Å². The van der Waals surface area contributed by atoms with Crippen molar-refractivity contribution < 1.29 is 31.7 Å². The maximum Gasteiger partial charge on any atom is 1.00 e. The van der Waals surface area contributed by atoms with E-state index in [-0.39, 0.29) is 29.4 Å². The molecule has 0 aliphatic carbocycles. The molecule has 0 unspecified atom stereocenters. The first-order valence-corrected chi connectivity index (χ1v) is 7.83. The van der Waals surface area contributed by atoms with Crippen LogP contribution >= 0.6 is 23.2 Å². The third-order valence-electron chi connectivity index (χ3n) is 2.58. The van der Waals surface area contributed by atoms with E-state index in [0.717, 1.165) is 0 Å². The van der Waals surface area contributed by atoms with Crippen LogP contribution in [0.1, 0.15) is 5.56 Å². The van der Waals surface area contributed by atoms with E-state index in [0.29, 0.717) is 21.4 Å². The molecule has 26 heavy (non-hydrogen) atoms. The molecule has 10 heteroatoms. The van der Waals surface area contributed by atoms with Crippen LogP contribution < -0.4 is 10.2 Å². The third-order valence-corrected chi connectivity index (χ3v) is 3.11. The number of halogens is 2. The molecule has 0 aliphatic rings. The van der Waals surface area contributed by atoms with Crippen molar-refractivity contribution in [2.45, 2.75) is 0 Å². The van der Waals surface area contributed by atoms with E-state index in [2.05, 4.69) is 23.2 Å². The van der Waals surface area contributed by atoms with Gasteiger partial charge < -0.3 is 22.5 Å². The first-order valence-electron chi connectivity index (χ1n) is 6.67. The fourth-order valence-corrected chi connectivity index (χ4v) is 2.00. The van der Waals surface area contributed by atoms with Crippen molar-refractivity contribution in [2.24, 2.45) is 5.10 Å². The molecule has 0 bridgehead atoms. The predicted molar refractivity (Wildman–Crippen MR) is 98.8 cm³/mol. The number of carbonyl (C=O) groups is 1. The summed E-state index contributed by atoms with van der Waals surface area (Å²) >= 11 is 15.4. The zero-order valence-corrected chi connectivity index (χ0v) is 16.2. The second kappa shape index (κ2) is 13.2. The number of carbonyl (C=O) groups excluding carboxylic acids is 1. The molecular formula is C16H12Cl2CuN3O3S. The Labute approximate surface area is 176 Å². The van der Waals surface area contributed by atoms with Gasteiger partial charge in [0.05, 0.1) is 11.2 Å². The number of ether oxygens (including phenoxy) is 1. The minimum Gasteiger partial charge on any atom is -0.696 e. The van der Waals surface area contributed by atoms with Crippen molar-refractivity contribution in [1.82, 2.24) is 5.43 Å². The number of hydrazone groups is 1. The average Bonchev–Trinajstić information content (AvgIpc) is 2.56. The summed E-state index contributed by atoms with van der Waals surface area (Å²) in [5.74, 6) is -0.0340. The van der Waals surface area contributed by atoms with Crippen molar-refractivity contribution in [2.75, 3.05) is 6.61 Å². The van der Waals surface area contributed by atoms with Crippen LogP contribution in [0.15, 0.2) is 47.6 Å². The van der Waals surface area contributed by atoms with Crippen LogP contribution in [0.3, 0.4) is 0 Å². The van der Waals surface area contributed by atoms with E-state index >= 15 is 0 Å². The van der Waals surface area contributed by atoms with Crippen molar-refractivity contribution in [3.63, 3.8) is 0 Å². The molecule has 0 radical (unpaired) electrons. The average molecular weight is 461 g/mol. The minimum atomic E-state index is -0.460. The molecule has 140 valence electrons. The summed E-state index contributed by atoms with van der Waals surface area (Å²) in [6.45, 7) is -0.251. The Balaban J connectivity index is 0.00000146. The largest absolute Gasteiger partial charge is 1.00 e. The first-order chi connectivity index (χ1) is 12.0. The van der Waals surface area contributed by atoms with Gasteiger partial charge in [0.2, 0.25) is 0 Å². The van der Waals surface area contributed by atoms with Gasteiger partial charge in [-0.15, -0.1) is 0 Å². The molecule has 1 amide bonds. The summed E-state index contributed by atoms with van der Waals surface area (Å²) in [6, 6.07) is 11.3. The number of para-hydroxylation sites is 1. The van der Waals surface area contributed by atoms with Crippen LogP contribution in [0, 0.1) is 10.7 Å². The number of rotatable bonds is 5. The number of hydrogen-bond acceptors (Lipinski definition) is 6. The topological polar surface area (TPSA) is 94.7 Å². The molecule has 0 aliphatic heterocycles. The summed E-state index contributed by atoms with van der Waals surface area (Å²) in [7, 11) is 0. The monoisotopic (exact) mass is 459 g/mol. The molecule has 6 nitrogen and oxygen atoms in total. The molecule has 2 rings (SSSR count). The van der Waals surface area contributed by atoms with Gasteiger partial charge in [0.1, 0.15) is 11.5 Å². The quantitative estimate of drug-likeness (QED) is 0.235. The second-order valence-electron chi connectivity index (χ2n) is 4.31. The Morgan fingerprint density at radius 3 is 2.62 bits per heavy atom. The number of thiocyanates is 1. The number of aromatic hydroxyl groups is 1. The second-order valence-corrected chi connectivity index (χ2v) is 5.33. The Bertz CT molecular complexity index is 801. The van der Waals surface area contributed by atoms with Crippen LogP contribution in [0.25, 0.3) is 0 Å². The van der Waals surface area contributed by atoms with E-state index in [1.807, 2.05) is 0 Å². The third kappa shape index (κ3) is 8.90. The molecule has 0 aromatic heterocycles. The molecular weight excluding hydrogens is 449 g/mol. The Morgan fingerprint density at radius 1 is 1.35 bits per heavy atom. The molecule has 0 heterocycles. The minimum absolute atomic E-state index is 0. The Hall–Kier alpha value is -2.01. The number of nitrogens with one attached hydrogen (secondary N) is 1. The van der Waals surface area contributed by atoms with Crippen molar-refractivity contribution in [3.05, 3.63) is 58.1 Å². The van der Waals surface area contributed by atoms with Gasteiger partial charge in [-0.05, 0) is 30.3 Å². The number of benzene rings is 2. The van der Waals surface area contributed by atoms with Gasteiger partial charge in [0.15, 0.2) is 6.61 Å². The molecule has 0 fully saturated rings. The van der Waals surface area contributed by atoms with E-state index in [4.69, 9.17) is 33.2 Å². The molecule has 2 aromatic rings. The van der Waals surface area contributed by atoms with Gasteiger partial charge in [-0.1, -0.05) is 40.7 Å². The number of phenols is 1. The summed E-state index contributed by atoms with van der Waals surface area (Å²) in [4.78, 5) is 11.6. The van der Waals surface area contributed by atoms with Crippen LogP contribution in [-0.4, -0.2) is 23.8 Å². The van der Waals surface area contributed by atoms with E-state index in [1.54, 1.807) is 30.3 Å². The standard InChI is InChI=1S/C15H12Cl2N2O3.CHNS.Cu/c16-11-5-6-14(12(17)7-11)22-9-15(21)19-18-8-10-3-1-2-4-13(10)20;2-1-3;/h1-8,20H,9H2,(H,19,21);3H;/q;;+1/p-1/b18-8+;;. The van der Waals surface area contributed by atoms with Gasteiger partial charge in [0, 0.05) is 10.6 Å². The Kier molecular flexibility index (Phi) is 12.2. The first kappa shape index (κ1) is 24.0. The zero-order chi connectivity index (χ0) is 18.7. The number of amides is 1. The van der Waals surface area contributed by atoms with Gasteiger partial charge in [-0.3, -0.25) is 4.79 Å². The predicted octanol–water partition coefficient (Wildman–Crippen LogP) is 3.24. The van der Waals surface area contributed by atoms with Crippen LogP contribution in [0.5, 0.6) is 11.5 Å². The molecule has 0 saturated heterocycles. The number of phenolic OH excluding ortho intramolecular Hbond substituents is 1. The fraction of sp³-hybridized carbons (Fsp3) is 0.0625. The zero-order valence-electron chi connectivity index (χ0n) is 12.9. The van der Waals surface area contributed by atoms with Gasteiger partial charge >= 0.3 is 17.1 Å². The van der Waals surface area contributed by atoms with E-state index in [1.165, 1.54) is 23.7 Å². The summed E-state index contributed by atoms with van der Waals surface area (Å²) in [6.07, 6.45) is 1.34. The maximum atomic E-state index is 11.6. The van der Waals surface area contributed by atoms with Crippen molar-refractivity contribution in [1.29, 1.82) is 5.26 Å². The van der Waals surface area contributed by atoms with Crippen LogP contribution in [-0.2, 0) is 34.5 Å². The molecule has 0 spiro atoms. The smallest absolute Gasteiger partial charge is 0.696 e. The van der Waals surface area contributed by atoms with Crippen LogP contribution in [0.2, 0.25) is 10.0 Å². The number of hydrogen-bond donors (Lipinski definition) is 2. The fourth-order valence-electron chi connectivity index (χ4n) is 1.54. The number of nitriles is 1. The summed E-state index contributed by atoms with van der Waals surface area (Å²) in [5, 5.41) is 22.5. The number of nitrogens with zero attached hydrogens (tertiary/aromatic N) is 2. The summed E-state index contributed by atoms with van der Waals surface area (Å²) < 4.78 is 5.25.